The first kappa shape index (κ1) is 22.0. The molecular weight excluding hydrogens is 416 g/mol. The molecule has 1 N–H and O–H groups in total. The molecule has 3 aliphatic rings. The van der Waals surface area contributed by atoms with Crippen LogP contribution in [-0.2, 0) is 14.8 Å². The van der Waals surface area contributed by atoms with Gasteiger partial charge in [0.2, 0.25) is 10.0 Å². The summed E-state index contributed by atoms with van der Waals surface area (Å²) >= 11 is 0. The van der Waals surface area contributed by atoms with Crippen LogP contribution in [0.2, 0.25) is 0 Å². The summed E-state index contributed by atoms with van der Waals surface area (Å²) in [5, 5.41) is 4.18. The topological polar surface area (TPSA) is 90.0 Å². The molecule has 31 heavy (non-hydrogen) atoms. The normalized spacial score (nSPS) is 28.5. The molecule has 4 rings (SSSR count). The van der Waals surface area contributed by atoms with Crippen LogP contribution in [0.5, 0.6) is 0 Å². The third-order valence-electron chi connectivity index (χ3n) is 6.64. The molecule has 0 aromatic heterocycles. The zero-order chi connectivity index (χ0) is 22.1. The number of sulfonamides is 1. The third-order valence-corrected chi connectivity index (χ3v) is 8.20. The smallest absolute Gasteiger partial charge is 0.323 e. The first-order chi connectivity index (χ1) is 14.8. The molecule has 8 nitrogen and oxygen atoms in total. The number of imide groups is 1. The lowest BCUT2D eigenvalue weighted by molar-refractivity contribution is -0.134. The molecule has 0 unspecified atom stereocenters. The van der Waals surface area contributed by atoms with Crippen LogP contribution in [0.1, 0.15) is 38.2 Å². The van der Waals surface area contributed by atoms with Crippen LogP contribution in [0.25, 0.3) is 6.08 Å². The van der Waals surface area contributed by atoms with Gasteiger partial charge in [-0.2, -0.15) is 4.31 Å². The van der Waals surface area contributed by atoms with Crippen LogP contribution < -0.4 is 5.32 Å². The molecule has 2 aliphatic heterocycles. The molecule has 9 heteroatoms. The summed E-state index contributed by atoms with van der Waals surface area (Å²) in [5.41, 5.74) is 0.0890. The third kappa shape index (κ3) is 4.68. The van der Waals surface area contributed by atoms with Gasteiger partial charge in [-0.1, -0.05) is 37.3 Å². The summed E-state index contributed by atoms with van der Waals surface area (Å²) in [6.45, 7) is 3.98. The molecule has 168 valence electrons. The predicted octanol–water partition coefficient (Wildman–Crippen LogP) is 2.06. The molecule has 2 heterocycles. The van der Waals surface area contributed by atoms with E-state index in [2.05, 4.69) is 12.2 Å². The van der Waals surface area contributed by atoms with Gasteiger partial charge in [-0.25, -0.2) is 18.1 Å². The largest absolute Gasteiger partial charge is 0.326 e. The molecule has 1 saturated carbocycles. The summed E-state index contributed by atoms with van der Waals surface area (Å²) < 4.78 is 26.7. The number of amides is 3. The lowest BCUT2D eigenvalue weighted by Crippen LogP contribution is -2.53. The van der Waals surface area contributed by atoms with E-state index < -0.39 is 15.6 Å². The van der Waals surface area contributed by atoms with Crippen molar-refractivity contribution < 1.29 is 18.0 Å². The highest BCUT2D eigenvalue weighted by Crippen LogP contribution is 2.36. The minimum absolute atomic E-state index is 0.134. The van der Waals surface area contributed by atoms with Crippen LogP contribution in [-0.4, -0.2) is 72.8 Å². The van der Waals surface area contributed by atoms with Crippen molar-refractivity contribution in [1.29, 1.82) is 0 Å². The van der Waals surface area contributed by atoms with Crippen LogP contribution in [0.15, 0.2) is 35.7 Å². The number of nitrogens with zero attached hydrogens (tertiary/aromatic N) is 3. The molecule has 2 saturated heterocycles. The Morgan fingerprint density at radius 1 is 1.06 bits per heavy atom. The van der Waals surface area contributed by atoms with E-state index in [0.717, 1.165) is 18.4 Å². The van der Waals surface area contributed by atoms with Crippen molar-refractivity contribution in [2.24, 2.45) is 5.92 Å². The minimum Gasteiger partial charge on any atom is -0.323 e. The van der Waals surface area contributed by atoms with Gasteiger partial charge in [-0.15, -0.1) is 0 Å². The van der Waals surface area contributed by atoms with Crippen molar-refractivity contribution >= 4 is 28.0 Å². The fourth-order valence-corrected chi connectivity index (χ4v) is 5.71. The van der Waals surface area contributed by atoms with Crippen molar-refractivity contribution in [3.8, 4) is 0 Å². The Balaban J connectivity index is 1.32. The van der Waals surface area contributed by atoms with E-state index in [9.17, 15) is 18.0 Å². The van der Waals surface area contributed by atoms with E-state index in [1.165, 1.54) is 14.6 Å². The molecule has 1 spiro atoms. The molecule has 0 atom stereocenters. The Kier molecular flexibility index (Phi) is 6.18. The Morgan fingerprint density at radius 2 is 1.71 bits per heavy atom. The van der Waals surface area contributed by atoms with Crippen molar-refractivity contribution in [3.63, 3.8) is 0 Å². The summed E-state index contributed by atoms with van der Waals surface area (Å²) in [7, 11) is -3.51. The first-order valence-corrected chi connectivity index (χ1v) is 12.4. The summed E-state index contributed by atoms with van der Waals surface area (Å²) in [6.07, 6.45) is 4.85. The van der Waals surface area contributed by atoms with Gasteiger partial charge < -0.3 is 5.32 Å². The maximum absolute atomic E-state index is 13.0. The van der Waals surface area contributed by atoms with Gasteiger partial charge in [0, 0.05) is 31.6 Å². The highest BCUT2D eigenvalue weighted by atomic mass is 32.2. The Hall–Kier alpha value is -2.23. The monoisotopic (exact) mass is 446 g/mol. The number of rotatable bonds is 5. The van der Waals surface area contributed by atoms with Crippen molar-refractivity contribution in [2.75, 3.05) is 32.8 Å². The number of piperazine rings is 1. The number of carbonyl (C=O) groups excluding carboxylic acids is 2. The highest BCUT2D eigenvalue weighted by Gasteiger charge is 2.52. The van der Waals surface area contributed by atoms with Crippen LogP contribution in [0.4, 0.5) is 4.79 Å². The van der Waals surface area contributed by atoms with Crippen LogP contribution >= 0.6 is 0 Å². The fourth-order valence-electron chi connectivity index (χ4n) is 4.54. The van der Waals surface area contributed by atoms with Gasteiger partial charge in [-0.05, 0) is 43.2 Å². The van der Waals surface area contributed by atoms with E-state index in [1.54, 1.807) is 6.08 Å². The standard InChI is InChI=1S/C22H30N4O4S/c1-18-7-10-22(11-8-18)20(27)26(21(28)23-22)17-24-12-14-25(15-13-24)31(29,30)16-9-19-5-3-2-4-6-19/h2-6,9,16,18H,7-8,10-15,17H2,1H3,(H,23,28)/b16-9-. The first-order valence-electron chi connectivity index (χ1n) is 10.9. The van der Waals surface area contributed by atoms with E-state index in [1.807, 2.05) is 35.2 Å². The zero-order valence-corrected chi connectivity index (χ0v) is 18.7. The lowest BCUT2D eigenvalue weighted by atomic mass is 9.77. The number of hydrogen-bond donors (Lipinski definition) is 1. The Labute approximate surface area is 183 Å². The second-order valence-electron chi connectivity index (χ2n) is 8.84. The molecule has 3 fully saturated rings. The van der Waals surface area contributed by atoms with Gasteiger partial charge >= 0.3 is 6.03 Å². The van der Waals surface area contributed by atoms with Crippen LogP contribution in [0.3, 0.4) is 0 Å². The van der Waals surface area contributed by atoms with E-state index in [0.29, 0.717) is 44.9 Å². The lowest BCUT2D eigenvalue weighted by Gasteiger charge is -2.36. The van der Waals surface area contributed by atoms with Crippen molar-refractivity contribution in [3.05, 3.63) is 41.3 Å². The van der Waals surface area contributed by atoms with E-state index >= 15 is 0 Å². The average Bonchev–Trinajstić information content (AvgIpc) is 3.00. The second kappa shape index (κ2) is 8.72. The molecule has 1 aromatic carbocycles. The Bertz CT molecular complexity index is 947. The molecule has 3 amide bonds. The SMILES string of the molecule is CC1CCC2(CC1)NC(=O)N(CN1CCN(S(=O)(=O)/C=C\c3ccccc3)CC1)C2=O. The zero-order valence-electron chi connectivity index (χ0n) is 17.9. The van der Waals surface area contributed by atoms with E-state index in [4.69, 9.17) is 0 Å². The molecular formula is C22H30N4O4S. The summed E-state index contributed by atoms with van der Waals surface area (Å²) in [5.74, 6) is 0.445. The Morgan fingerprint density at radius 3 is 2.35 bits per heavy atom. The van der Waals surface area contributed by atoms with Gasteiger partial charge in [-0.3, -0.25) is 9.69 Å². The fraction of sp³-hybridized carbons (Fsp3) is 0.545. The second-order valence-corrected chi connectivity index (χ2v) is 10.7. The number of urea groups is 1. The number of nitrogens with one attached hydrogen (secondary N) is 1. The summed E-state index contributed by atoms with van der Waals surface area (Å²) in [4.78, 5) is 28.8. The van der Waals surface area contributed by atoms with Crippen LogP contribution in [0, 0.1) is 5.92 Å². The highest BCUT2D eigenvalue weighted by molar-refractivity contribution is 7.92. The quantitative estimate of drug-likeness (QED) is 0.700. The van der Waals surface area contributed by atoms with Gasteiger partial charge in [0.1, 0.15) is 5.54 Å². The average molecular weight is 447 g/mol. The number of benzene rings is 1. The molecule has 1 aliphatic carbocycles. The van der Waals surface area contributed by atoms with Crippen molar-refractivity contribution in [1.82, 2.24) is 19.4 Å². The molecule has 1 aromatic rings. The number of hydrogen-bond acceptors (Lipinski definition) is 5. The predicted molar refractivity (Wildman–Crippen MR) is 118 cm³/mol. The van der Waals surface area contributed by atoms with E-state index in [-0.39, 0.29) is 18.6 Å². The van der Waals surface area contributed by atoms with Gasteiger partial charge in [0.05, 0.1) is 6.67 Å². The molecule has 0 radical (unpaired) electrons. The maximum atomic E-state index is 13.0. The molecule has 0 bridgehead atoms. The minimum atomic E-state index is -3.51. The summed E-state index contributed by atoms with van der Waals surface area (Å²) in [6, 6.07) is 8.97. The van der Waals surface area contributed by atoms with Crippen molar-refractivity contribution in [2.45, 2.75) is 38.1 Å². The maximum Gasteiger partial charge on any atom is 0.326 e. The van der Waals surface area contributed by atoms with Gasteiger partial charge in [0.25, 0.3) is 5.91 Å². The number of carbonyl (C=O) groups is 2. The van der Waals surface area contributed by atoms with Gasteiger partial charge in [0.15, 0.2) is 0 Å².